The van der Waals surface area contributed by atoms with Gasteiger partial charge in [-0.25, -0.2) is 23.1 Å². The molecule has 3 heterocycles. The number of hydrogen-bond acceptors (Lipinski definition) is 5. The molecular formula is C29H20F3N5OS. The number of rotatable bonds is 6. The fourth-order valence-electron chi connectivity index (χ4n) is 4.47. The van der Waals surface area contributed by atoms with E-state index in [1.807, 2.05) is 36.7 Å². The molecule has 0 saturated heterocycles. The first-order valence-electron chi connectivity index (χ1n) is 11.9. The van der Waals surface area contributed by atoms with Crippen molar-refractivity contribution in [2.75, 3.05) is 4.72 Å². The molecule has 3 aromatic carbocycles. The SMILES string of the molecule is Cc1nc2cc(-c3cnc4[nH]cc(C(=O)c5c(F)ccc(NSc6cccc(F)c6)c5F)c4c3)ccc2n1C. The van der Waals surface area contributed by atoms with E-state index < -0.39 is 28.8 Å². The number of aromatic nitrogens is 4. The number of anilines is 1. The monoisotopic (exact) mass is 543 g/mol. The zero-order valence-corrected chi connectivity index (χ0v) is 21.5. The van der Waals surface area contributed by atoms with Gasteiger partial charge in [0.15, 0.2) is 5.82 Å². The number of ketones is 1. The zero-order valence-electron chi connectivity index (χ0n) is 20.7. The Labute approximate surface area is 225 Å². The van der Waals surface area contributed by atoms with Crippen molar-refractivity contribution in [3.63, 3.8) is 0 Å². The molecule has 0 saturated carbocycles. The largest absolute Gasteiger partial charge is 0.345 e. The summed E-state index contributed by atoms with van der Waals surface area (Å²) < 4.78 is 48.5. The van der Waals surface area contributed by atoms with Crippen LogP contribution in [0.1, 0.15) is 21.7 Å². The lowest BCUT2D eigenvalue weighted by molar-refractivity contribution is 0.103. The zero-order chi connectivity index (χ0) is 27.3. The first-order chi connectivity index (χ1) is 18.8. The number of pyridine rings is 1. The molecule has 0 fully saturated rings. The van der Waals surface area contributed by atoms with Crippen molar-refractivity contribution in [3.8, 4) is 11.1 Å². The molecule has 6 rings (SSSR count). The minimum Gasteiger partial charge on any atom is -0.345 e. The van der Waals surface area contributed by atoms with Gasteiger partial charge in [-0.15, -0.1) is 0 Å². The quantitative estimate of drug-likeness (QED) is 0.172. The number of carbonyl (C=O) groups excluding carboxylic acids is 1. The number of hydrogen-bond donors (Lipinski definition) is 2. The summed E-state index contributed by atoms with van der Waals surface area (Å²) in [6, 6.07) is 15.5. The molecule has 0 aliphatic heterocycles. The van der Waals surface area contributed by atoms with Gasteiger partial charge >= 0.3 is 0 Å². The normalized spacial score (nSPS) is 11.4. The Kier molecular flexibility index (Phi) is 6.11. The Bertz CT molecular complexity index is 1910. The third-order valence-corrected chi connectivity index (χ3v) is 7.42. The van der Waals surface area contributed by atoms with Crippen LogP contribution in [-0.4, -0.2) is 25.3 Å². The van der Waals surface area contributed by atoms with E-state index in [4.69, 9.17) is 0 Å². The van der Waals surface area contributed by atoms with Crippen molar-refractivity contribution in [1.29, 1.82) is 0 Å². The smallest absolute Gasteiger partial charge is 0.201 e. The Balaban J connectivity index is 1.36. The second-order valence-electron chi connectivity index (χ2n) is 9.02. The Hall–Kier alpha value is -4.57. The average Bonchev–Trinajstić information content (AvgIpc) is 3.47. The standard InChI is InChI=1S/C29H20F3N5OS/c1-15-35-24-11-16(6-9-25(24)37(15)2)17-10-20-21(14-34-29(20)33-13-17)28(38)26-22(31)7-8-23(27(26)32)36-39-19-5-3-4-18(30)12-19/h3-14,36H,1-2H3,(H,33,34). The van der Waals surface area contributed by atoms with Crippen LogP contribution in [0, 0.1) is 24.4 Å². The topological polar surface area (TPSA) is 75.6 Å². The van der Waals surface area contributed by atoms with Crippen LogP contribution in [0.3, 0.4) is 0 Å². The molecule has 0 radical (unpaired) electrons. The second-order valence-corrected chi connectivity index (χ2v) is 9.90. The van der Waals surface area contributed by atoms with Gasteiger partial charge in [0.05, 0.1) is 22.3 Å². The van der Waals surface area contributed by atoms with E-state index >= 15 is 4.39 Å². The molecule has 0 amide bonds. The molecular weight excluding hydrogens is 523 g/mol. The fraction of sp³-hybridized carbons (Fsp3) is 0.0690. The van der Waals surface area contributed by atoms with Crippen LogP contribution in [0.15, 0.2) is 78.0 Å². The van der Waals surface area contributed by atoms with Gasteiger partial charge in [-0.2, -0.15) is 0 Å². The number of H-pyrrole nitrogens is 1. The summed E-state index contributed by atoms with van der Waals surface area (Å²) in [6.07, 6.45) is 3.06. The first kappa shape index (κ1) is 24.7. The Morgan fingerprint density at radius 1 is 1.03 bits per heavy atom. The molecule has 6 aromatic rings. The van der Waals surface area contributed by atoms with Crippen molar-refractivity contribution in [2.45, 2.75) is 11.8 Å². The minimum absolute atomic E-state index is 0.0850. The van der Waals surface area contributed by atoms with Crippen LogP contribution in [-0.2, 0) is 7.05 Å². The fourth-order valence-corrected chi connectivity index (χ4v) is 5.17. The Morgan fingerprint density at radius 2 is 1.87 bits per heavy atom. The number of benzene rings is 3. The van der Waals surface area contributed by atoms with E-state index in [2.05, 4.69) is 19.7 Å². The molecule has 0 spiro atoms. The average molecular weight is 544 g/mol. The number of nitrogens with one attached hydrogen (secondary N) is 2. The number of halogens is 3. The van der Waals surface area contributed by atoms with Crippen molar-refractivity contribution in [3.05, 3.63) is 107 Å². The molecule has 10 heteroatoms. The summed E-state index contributed by atoms with van der Waals surface area (Å²) in [7, 11) is 1.94. The molecule has 6 nitrogen and oxygen atoms in total. The van der Waals surface area contributed by atoms with Crippen molar-refractivity contribution in [1.82, 2.24) is 19.5 Å². The van der Waals surface area contributed by atoms with E-state index in [0.29, 0.717) is 15.9 Å². The van der Waals surface area contributed by atoms with E-state index in [1.54, 1.807) is 18.3 Å². The van der Waals surface area contributed by atoms with Crippen molar-refractivity contribution in [2.24, 2.45) is 7.05 Å². The minimum atomic E-state index is -1.04. The highest BCUT2D eigenvalue weighted by molar-refractivity contribution is 8.00. The Morgan fingerprint density at radius 3 is 2.69 bits per heavy atom. The maximum absolute atomic E-state index is 15.4. The lowest BCUT2D eigenvalue weighted by Crippen LogP contribution is -2.09. The van der Waals surface area contributed by atoms with Gasteiger partial charge in [-0.05, 0) is 73.0 Å². The van der Waals surface area contributed by atoms with Gasteiger partial charge in [0.2, 0.25) is 5.78 Å². The molecule has 0 unspecified atom stereocenters. The van der Waals surface area contributed by atoms with E-state index in [-0.39, 0.29) is 11.3 Å². The molecule has 0 aliphatic rings. The predicted octanol–water partition coefficient (Wildman–Crippen LogP) is 7.19. The second kappa shape index (κ2) is 9.63. The van der Waals surface area contributed by atoms with Crippen LogP contribution in [0.2, 0.25) is 0 Å². The number of carbonyl (C=O) groups is 1. The first-order valence-corrected chi connectivity index (χ1v) is 12.7. The van der Waals surface area contributed by atoms with Gasteiger partial charge in [0, 0.05) is 40.8 Å². The highest BCUT2D eigenvalue weighted by Crippen LogP contribution is 2.32. The highest BCUT2D eigenvalue weighted by atomic mass is 32.2. The number of imidazole rings is 1. The lowest BCUT2D eigenvalue weighted by Gasteiger charge is -2.11. The number of aryl methyl sites for hydroxylation is 2. The van der Waals surface area contributed by atoms with Crippen LogP contribution in [0.5, 0.6) is 0 Å². The molecule has 0 atom stereocenters. The van der Waals surface area contributed by atoms with Crippen molar-refractivity contribution >= 4 is 45.5 Å². The van der Waals surface area contributed by atoms with Crippen LogP contribution < -0.4 is 4.72 Å². The number of aromatic amines is 1. The summed E-state index contributed by atoms with van der Waals surface area (Å²) in [5.41, 5.74) is 3.07. The number of fused-ring (bicyclic) bond motifs is 2. The molecule has 39 heavy (non-hydrogen) atoms. The maximum atomic E-state index is 15.4. The number of nitrogens with zero attached hydrogens (tertiary/aromatic N) is 3. The molecule has 2 N–H and O–H groups in total. The third kappa shape index (κ3) is 4.42. The van der Waals surface area contributed by atoms with Crippen molar-refractivity contribution < 1.29 is 18.0 Å². The summed E-state index contributed by atoms with van der Waals surface area (Å²) in [4.78, 5) is 25.9. The third-order valence-electron chi connectivity index (χ3n) is 6.61. The van der Waals surface area contributed by atoms with Gasteiger partial charge in [-0.3, -0.25) is 4.79 Å². The van der Waals surface area contributed by atoms with Gasteiger partial charge in [-0.1, -0.05) is 12.1 Å². The highest BCUT2D eigenvalue weighted by Gasteiger charge is 2.25. The molecule has 0 bridgehead atoms. The van der Waals surface area contributed by atoms with Gasteiger partial charge < -0.3 is 14.3 Å². The summed E-state index contributed by atoms with van der Waals surface area (Å²) >= 11 is 0.944. The van der Waals surface area contributed by atoms with Crippen LogP contribution in [0.4, 0.5) is 18.9 Å². The summed E-state index contributed by atoms with van der Waals surface area (Å²) in [5.74, 6) is -2.43. The summed E-state index contributed by atoms with van der Waals surface area (Å²) in [6.45, 7) is 1.92. The molecule has 0 aliphatic carbocycles. The van der Waals surface area contributed by atoms with E-state index in [1.165, 1.54) is 30.5 Å². The maximum Gasteiger partial charge on any atom is 0.201 e. The lowest BCUT2D eigenvalue weighted by atomic mass is 9.99. The van der Waals surface area contributed by atoms with Gasteiger partial charge in [0.25, 0.3) is 0 Å². The molecule has 194 valence electrons. The summed E-state index contributed by atoms with van der Waals surface area (Å²) in [5, 5.41) is 0.432. The molecule has 3 aromatic heterocycles. The van der Waals surface area contributed by atoms with Crippen LogP contribution >= 0.6 is 11.9 Å². The van der Waals surface area contributed by atoms with Crippen LogP contribution in [0.25, 0.3) is 33.2 Å². The predicted molar refractivity (Wildman–Crippen MR) is 146 cm³/mol. The van der Waals surface area contributed by atoms with Gasteiger partial charge in [0.1, 0.15) is 23.1 Å². The van der Waals surface area contributed by atoms with E-state index in [0.717, 1.165) is 46.0 Å². The van der Waals surface area contributed by atoms with E-state index in [9.17, 15) is 13.6 Å².